The minimum Gasteiger partial charge on any atom is -0.490 e. The maximum absolute atomic E-state index is 5.77. The second-order valence-electron chi connectivity index (χ2n) is 4.23. The molecule has 2 rings (SSSR count). The lowest BCUT2D eigenvalue weighted by Crippen LogP contribution is -2.07. The zero-order chi connectivity index (χ0) is 12.4. The standard InChI is InChI=1S/C13H16N2O2/c1-8(2)16-11-6-4-5-9(3)13(11)10-7-12(14)17-15-10/h4-8H,14H2,1-3H3. The second-order valence-corrected chi connectivity index (χ2v) is 4.23. The summed E-state index contributed by atoms with van der Waals surface area (Å²) >= 11 is 0. The van der Waals surface area contributed by atoms with Crippen LogP contribution in [-0.2, 0) is 0 Å². The number of hydrogen-bond acceptors (Lipinski definition) is 4. The molecule has 0 aliphatic carbocycles. The van der Waals surface area contributed by atoms with Gasteiger partial charge in [0.15, 0.2) is 0 Å². The van der Waals surface area contributed by atoms with Gasteiger partial charge in [0.05, 0.1) is 6.10 Å². The van der Waals surface area contributed by atoms with Crippen LogP contribution >= 0.6 is 0 Å². The van der Waals surface area contributed by atoms with Crippen LogP contribution in [-0.4, -0.2) is 11.3 Å². The molecule has 0 spiro atoms. The zero-order valence-electron chi connectivity index (χ0n) is 10.2. The Morgan fingerprint density at radius 3 is 2.71 bits per heavy atom. The number of hydrogen-bond donors (Lipinski definition) is 1. The van der Waals surface area contributed by atoms with E-state index in [1.54, 1.807) is 6.07 Å². The van der Waals surface area contributed by atoms with Gasteiger partial charge in [-0.1, -0.05) is 17.3 Å². The largest absolute Gasteiger partial charge is 0.490 e. The number of nitrogen functional groups attached to an aromatic ring is 1. The quantitative estimate of drug-likeness (QED) is 0.883. The first-order valence-corrected chi connectivity index (χ1v) is 5.56. The number of aryl methyl sites for hydroxylation is 1. The van der Waals surface area contributed by atoms with Crippen molar-refractivity contribution in [2.75, 3.05) is 5.73 Å². The van der Waals surface area contributed by atoms with Crippen LogP contribution in [0.3, 0.4) is 0 Å². The first-order valence-electron chi connectivity index (χ1n) is 5.56. The molecule has 90 valence electrons. The van der Waals surface area contributed by atoms with Gasteiger partial charge >= 0.3 is 0 Å². The molecule has 1 aromatic heterocycles. The lowest BCUT2D eigenvalue weighted by molar-refractivity contribution is 0.243. The maximum Gasteiger partial charge on any atom is 0.222 e. The van der Waals surface area contributed by atoms with Crippen molar-refractivity contribution < 1.29 is 9.26 Å². The predicted octanol–water partition coefficient (Wildman–Crippen LogP) is 3.02. The number of benzene rings is 1. The van der Waals surface area contributed by atoms with Gasteiger partial charge in [-0.3, -0.25) is 0 Å². The normalized spacial score (nSPS) is 10.8. The molecule has 0 fully saturated rings. The topological polar surface area (TPSA) is 61.3 Å². The third-order valence-corrected chi connectivity index (χ3v) is 2.38. The summed E-state index contributed by atoms with van der Waals surface area (Å²) in [6.45, 7) is 5.99. The van der Waals surface area contributed by atoms with E-state index in [0.717, 1.165) is 16.9 Å². The van der Waals surface area contributed by atoms with Crippen LogP contribution in [0.15, 0.2) is 28.8 Å². The van der Waals surface area contributed by atoms with Crippen molar-refractivity contribution in [2.24, 2.45) is 0 Å². The molecule has 1 heterocycles. The summed E-state index contributed by atoms with van der Waals surface area (Å²) in [6, 6.07) is 7.59. The Labute approximate surface area is 100 Å². The van der Waals surface area contributed by atoms with E-state index in [9.17, 15) is 0 Å². The predicted molar refractivity (Wildman–Crippen MR) is 66.9 cm³/mol. The Kier molecular flexibility index (Phi) is 3.04. The number of ether oxygens (including phenoxy) is 1. The molecular weight excluding hydrogens is 216 g/mol. The van der Waals surface area contributed by atoms with E-state index in [-0.39, 0.29) is 6.10 Å². The molecule has 0 radical (unpaired) electrons. The molecule has 0 unspecified atom stereocenters. The van der Waals surface area contributed by atoms with Gasteiger partial charge in [0.25, 0.3) is 0 Å². The number of nitrogens with two attached hydrogens (primary N) is 1. The number of nitrogens with zero attached hydrogens (tertiary/aromatic N) is 1. The number of aromatic nitrogens is 1. The molecule has 0 saturated carbocycles. The van der Waals surface area contributed by atoms with E-state index in [2.05, 4.69) is 5.16 Å². The van der Waals surface area contributed by atoms with E-state index >= 15 is 0 Å². The SMILES string of the molecule is Cc1cccc(OC(C)C)c1-c1cc(N)on1. The minimum atomic E-state index is 0.111. The van der Waals surface area contributed by atoms with Gasteiger partial charge in [-0.25, -0.2) is 0 Å². The van der Waals surface area contributed by atoms with Gasteiger partial charge < -0.3 is 15.0 Å². The molecule has 0 aliphatic heterocycles. The van der Waals surface area contributed by atoms with E-state index in [1.165, 1.54) is 0 Å². The van der Waals surface area contributed by atoms with Crippen LogP contribution in [0.25, 0.3) is 11.3 Å². The summed E-state index contributed by atoms with van der Waals surface area (Å²) in [4.78, 5) is 0. The lowest BCUT2D eigenvalue weighted by atomic mass is 10.0. The van der Waals surface area contributed by atoms with Crippen molar-refractivity contribution in [3.63, 3.8) is 0 Å². The highest BCUT2D eigenvalue weighted by Crippen LogP contribution is 2.33. The monoisotopic (exact) mass is 232 g/mol. The fourth-order valence-electron chi connectivity index (χ4n) is 1.73. The van der Waals surface area contributed by atoms with E-state index < -0.39 is 0 Å². The molecule has 2 aromatic rings. The minimum absolute atomic E-state index is 0.111. The Bertz CT molecular complexity index is 518. The highest BCUT2D eigenvalue weighted by Gasteiger charge is 2.14. The fourth-order valence-corrected chi connectivity index (χ4v) is 1.73. The van der Waals surface area contributed by atoms with Crippen molar-refractivity contribution in [1.29, 1.82) is 0 Å². The molecule has 0 aliphatic rings. The van der Waals surface area contributed by atoms with Gasteiger partial charge in [0, 0.05) is 11.6 Å². The van der Waals surface area contributed by atoms with E-state index in [1.807, 2.05) is 39.0 Å². The molecule has 0 bridgehead atoms. The van der Waals surface area contributed by atoms with Crippen molar-refractivity contribution in [2.45, 2.75) is 26.9 Å². The first kappa shape index (κ1) is 11.5. The Morgan fingerprint density at radius 2 is 2.12 bits per heavy atom. The van der Waals surface area contributed by atoms with Crippen LogP contribution in [0.2, 0.25) is 0 Å². The Balaban J connectivity index is 2.50. The summed E-state index contributed by atoms with van der Waals surface area (Å²) in [5.74, 6) is 1.10. The summed E-state index contributed by atoms with van der Waals surface area (Å²) in [5.41, 5.74) is 8.26. The van der Waals surface area contributed by atoms with E-state index in [0.29, 0.717) is 11.6 Å². The summed E-state index contributed by atoms with van der Waals surface area (Å²) in [5, 5.41) is 3.93. The highest BCUT2D eigenvalue weighted by molar-refractivity contribution is 5.71. The third kappa shape index (κ3) is 2.41. The summed E-state index contributed by atoms with van der Waals surface area (Å²) in [7, 11) is 0. The molecule has 4 nitrogen and oxygen atoms in total. The third-order valence-electron chi connectivity index (χ3n) is 2.38. The number of anilines is 1. The molecular formula is C13H16N2O2. The van der Waals surface area contributed by atoms with Crippen molar-refractivity contribution >= 4 is 5.88 Å². The summed E-state index contributed by atoms with van der Waals surface area (Å²) in [6.07, 6.45) is 0.111. The average Bonchev–Trinajstić information content (AvgIpc) is 2.64. The lowest BCUT2D eigenvalue weighted by Gasteiger charge is -2.14. The van der Waals surface area contributed by atoms with Crippen LogP contribution in [0.1, 0.15) is 19.4 Å². The average molecular weight is 232 g/mol. The van der Waals surface area contributed by atoms with Crippen molar-refractivity contribution in [1.82, 2.24) is 5.16 Å². The molecule has 0 saturated heterocycles. The van der Waals surface area contributed by atoms with Gasteiger partial charge in [-0.15, -0.1) is 0 Å². The van der Waals surface area contributed by atoms with E-state index in [4.69, 9.17) is 15.0 Å². The first-order chi connectivity index (χ1) is 8.08. The highest BCUT2D eigenvalue weighted by atomic mass is 16.5. The van der Waals surface area contributed by atoms with Gasteiger partial charge in [0.1, 0.15) is 11.4 Å². The molecule has 0 atom stereocenters. The fraction of sp³-hybridized carbons (Fsp3) is 0.308. The van der Waals surface area contributed by atoms with Gasteiger partial charge in [-0.2, -0.15) is 0 Å². The Morgan fingerprint density at radius 1 is 1.35 bits per heavy atom. The van der Waals surface area contributed by atoms with Crippen LogP contribution in [0.4, 0.5) is 5.88 Å². The molecule has 1 aromatic carbocycles. The maximum atomic E-state index is 5.77. The summed E-state index contributed by atoms with van der Waals surface area (Å²) < 4.78 is 10.7. The second kappa shape index (κ2) is 4.49. The molecule has 4 heteroatoms. The molecule has 17 heavy (non-hydrogen) atoms. The van der Waals surface area contributed by atoms with Crippen LogP contribution in [0.5, 0.6) is 5.75 Å². The van der Waals surface area contributed by atoms with Crippen molar-refractivity contribution in [3.8, 4) is 17.0 Å². The Hall–Kier alpha value is -1.97. The van der Waals surface area contributed by atoms with Crippen LogP contribution in [0, 0.1) is 6.92 Å². The zero-order valence-corrected chi connectivity index (χ0v) is 10.2. The van der Waals surface area contributed by atoms with Crippen LogP contribution < -0.4 is 10.5 Å². The van der Waals surface area contributed by atoms with Gasteiger partial charge in [0.2, 0.25) is 5.88 Å². The molecule has 0 amide bonds. The number of rotatable bonds is 3. The smallest absolute Gasteiger partial charge is 0.222 e. The molecule has 2 N–H and O–H groups in total. The van der Waals surface area contributed by atoms with Gasteiger partial charge in [-0.05, 0) is 32.4 Å². The van der Waals surface area contributed by atoms with Crippen molar-refractivity contribution in [3.05, 3.63) is 29.8 Å².